The fourth-order valence-corrected chi connectivity index (χ4v) is 1.06. The van der Waals surface area contributed by atoms with Crippen molar-refractivity contribution in [3.8, 4) is 0 Å². The molecule has 0 heterocycles. The summed E-state index contributed by atoms with van der Waals surface area (Å²) in [4.78, 5) is 11.5. The standard InChI is InChI=1S/C12H18N2O/c1-9(2)10(3)13-12(15)14-11-7-5-4-6-8-11/h4-10H,1-3H3,(H2,13,14,15). The second-order valence-corrected chi connectivity index (χ2v) is 4.00. The van der Waals surface area contributed by atoms with E-state index in [9.17, 15) is 4.79 Å². The van der Waals surface area contributed by atoms with Gasteiger partial charge in [-0.2, -0.15) is 0 Å². The molecule has 0 fully saturated rings. The van der Waals surface area contributed by atoms with E-state index in [0.29, 0.717) is 5.92 Å². The zero-order valence-electron chi connectivity index (χ0n) is 9.45. The highest BCUT2D eigenvalue weighted by Gasteiger charge is 2.09. The van der Waals surface area contributed by atoms with Crippen LogP contribution in [0.1, 0.15) is 20.8 Å². The number of hydrogen-bond acceptors (Lipinski definition) is 1. The van der Waals surface area contributed by atoms with E-state index >= 15 is 0 Å². The molecule has 0 radical (unpaired) electrons. The molecule has 0 spiro atoms. The van der Waals surface area contributed by atoms with Gasteiger partial charge in [-0.05, 0) is 25.0 Å². The second kappa shape index (κ2) is 5.39. The first-order chi connectivity index (χ1) is 7.09. The van der Waals surface area contributed by atoms with Crippen molar-refractivity contribution in [3.05, 3.63) is 30.3 Å². The average molecular weight is 206 g/mol. The summed E-state index contributed by atoms with van der Waals surface area (Å²) in [5.74, 6) is 0.437. The van der Waals surface area contributed by atoms with Gasteiger partial charge in [0, 0.05) is 11.7 Å². The van der Waals surface area contributed by atoms with Gasteiger partial charge in [-0.15, -0.1) is 0 Å². The Morgan fingerprint density at radius 3 is 2.27 bits per heavy atom. The van der Waals surface area contributed by atoms with Gasteiger partial charge in [0.2, 0.25) is 0 Å². The zero-order valence-corrected chi connectivity index (χ0v) is 9.45. The molecule has 1 rings (SSSR count). The Bertz CT molecular complexity index is 309. The number of amides is 2. The first-order valence-corrected chi connectivity index (χ1v) is 5.22. The first kappa shape index (κ1) is 11.6. The number of urea groups is 1. The van der Waals surface area contributed by atoms with Crippen LogP contribution in [-0.2, 0) is 0 Å². The number of para-hydroxylation sites is 1. The fourth-order valence-electron chi connectivity index (χ4n) is 1.06. The number of hydrogen-bond donors (Lipinski definition) is 2. The Kier molecular flexibility index (Phi) is 4.16. The molecule has 82 valence electrons. The van der Waals surface area contributed by atoms with Gasteiger partial charge in [0.15, 0.2) is 0 Å². The van der Waals surface area contributed by atoms with Crippen LogP contribution in [0.25, 0.3) is 0 Å². The second-order valence-electron chi connectivity index (χ2n) is 4.00. The number of nitrogens with one attached hydrogen (secondary N) is 2. The van der Waals surface area contributed by atoms with Crippen molar-refractivity contribution in [3.63, 3.8) is 0 Å². The number of carbonyl (C=O) groups is 1. The van der Waals surface area contributed by atoms with Crippen LogP contribution in [0, 0.1) is 5.92 Å². The van der Waals surface area contributed by atoms with Crippen molar-refractivity contribution in [2.24, 2.45) is 5.92 Å². The van der Waals surface area contributed by atoms with Gasteiger partial charge in [0.25, 0.3) is 0 Å². The molecule has 0 saturated heterocycles. The maximum Gasteiger partial charge on any atom is 0.319 e. The summed E-state index contributed by atoms with van der Waals surface area (Å²) >= 11 is 0. The predicted octanol–water partition coefficient (Wildman–Crippen LogP) is 2.85. The molecule has 3 nitrogen and oxygen atoms in total. The molecule has 0 aliphatic carbocycles. The van der Waals surface area contributed by atoms with Crippen molar-refractivity contribution in [1.29, 1.82) is 0 Å². The third-order valence-electron chi connectivity index (χ3n) is 2.39. The SMILES string of the molecule is CC(C)C(C)NC(=O)Nc1ccccc1. The minimum absolute atomic E-state index is 0.151. The topological polar surface area (TPSA) is 41.1 Å². The molecule has 15 heavy (non-hydrogen) atoms. The number of rotatable bonds is 3. The molecular formula is C12H18N2O. The van der Waals surface area contributed by atoms with E-state index < -0.39 is 0 Å². The lowest BCUT2D eigenvalue weighted by Crippen LogP contribution is -2.38. The summed E-state index contributed by atoms with van der Waals surface area (Å²) in [6.45, 7) is 6.15. The molecule has 1 aromatic rings. The molecule has 1 atom stereocenters. The predicted molar refractivity (Wildman–Crippen MR) is 62.9 cm³/mol. The van der Waals surface area contributed by atoms with E-state index in [4.69, 9.17) is 0 Å². The molecule has 1 unspecified atom stereocenters. The maximum absolute atomic E-state index is 11.5. The van der Waals surface area contributed by atoms with Gasteiger partial charge in [-0.3, -0.25) is 0 Å². The summed E-state index contributed by atoms with van der Waals surface area (Å²) in [6, 6.07) is 9.44. The van der Waals surface area contributed by atoms with E-state index in [2.05, 4.69) is 24.5 Å². The Morgan fingerprint density at radius 2 is 1.73 bits per heavy atom. The quantitative estimate of drug-likeness (QED) is 0.784. The Balaban J connectivity index is 2.43. The van der Waals surface area contributed by atoms with E-state index in [1.54, 1.807) is 0 Å². The Hall–Kier alpha value is -1.51. The van der Waals surface area contributed by atoms with Crippen LogP contribution in [0.5, 0.6) is 0 Å². The molecule has 1 aromatic carbocycles. The van der Waals surface area contributed by atoms with Crippen LogP contribution >= 0.6 is 0 Å². The fraction of sp³-hybridized carbons (Fsp3) is 0.417. The summed E-state index contributed by atoms with van der Waals surface area (Å²) in [5.41, 5.74) is 0.811. The third kappa shape index (κ3) is 4.02. The van der Waals surface area contributed by atoms with Gasteiger partial charge in [-0.1, -0.05) is 32.0 Å². The molecule has 0 aliphatic heterocycles. The molecule has 2 N–H and O–H groups in total. The highest BCUT2D eigenvalue weighted by atomic mass is 16.2. The number of anilines is 1. The van der Waals surface area contributed by atoms with Crippen molar-refractivity contribution in [2.75, 3.05) is 5.32 Å². The molecule has 0 aliphatic rings. The normalized spacial score (nSPS) is 12.3. The minimum atomic E-state index is -0.151. The van der Waals surface area contributed by atoms with E-state index in [0.717, 1.165) is 5.69 Å². The van der Waals surface area contributed by atoms with E-state index in [-0.39, 0.29) is 12.1 Å². The van der Waals surface area contributed by atoms with Crippen molar-refractivity contribution in [1.82, 2.24) is 5.32 Å². The van der Waals surface area contributed by atoms with Crippen molar-refractivity contribution < 1.29 is 4.79 Å². The van der Waals surface area contributed by atoms with Crippen LogP contribution in [0.4, 0.5) is 10.5 Å². The van der Waals surface area contributed by atoms with E-state index in [1.165, 1.54) is 0 Å². The van der Waals surface area contributed by atoms with Crippen LogP contribution in [0.2, 0.25) is 0 Å². The van der Waals surface area contributed by atoms with Gasteiger partial charge in [0.1, 0.15) is 0 Å². The van der Waals surface area contributed by atoms with Gasteiger partial charge < -0.3 is 10.6 Å². The summed E-state index contributed by atoms with van der Waals surface area (Å²) in [5, 5.41) is 5.66. The molecule has 0 aromatic heterocycles. The average Bonchev–Trinajstić information content (AvgIpc) is 2.18. The monoisotopic (exact) mass is 206 g/mol. The summed E-state index contributed by atoms with van der Waals surface area (Å²) in [7, 11) is 0. The molecular weight excluding hydrogens is 188 g/mol. The zero-order chi connectivity index (χ0) is 11.3. The summed E-state index contributed by atoms with van der Waals surface area (Å²) in [6.07, 6.45) is 0. The van der Waals surface area contributed by atoms with E-state index in [1.807, 2.05) is 37.3 Å². The molecule has 0 bridgehead atoms. The van der Waals surface area contributed by atoms with Crippen molar-refractivity contribution in [2.45, 2.75) is 26.8 Å². The lowest BCUT2D eigenvalue weighted by molar-refractivity contribution is 0.246. The maximum atomic E-state index is 11.5. The van der Waals surface area contributed by atoms with Crippen molar-refractivity contribution >= 4 is 11.7 Å². The first-order valence-electron chi connectivity index (χ1n) is 5.22. The van der Waals surface area contributed by atoms with Crippen LogP contribution in [0.15, 0.2) is 30.3 Å². The Morgan fingerprint density at radius 1 is 1.13 bits per heavy atom. The third-order valence-corrected chi connectivity index (χ3v) is 2.39. The lowest BCUT2D eigenvalue weighted by atomic mass is 10.1. The molecule has 3 heteroatoms. The van der Waals surface area contributed by atoms with Gasteiger partial charge in [-0.25, -0.2) is 4.79 Å². The minimum Gasteiger partial charge on any atom is -0.335 e. The van der Waals surface area contributed by atoms with Crippen LogP contribution < -0.4 is 10.6 Å². The molecule has 0 saturated carbocycles. The summed E-state index contributed by atoms with van der Waals surface area (Å²) < 4.78 is 0. The largest absolute Gasteiger partial charge is 0.335 e. The number of benzene rings is 1. The Labute approximate surface area is 90.9 Å². The smallest absolute Gasteiger partial charge is 0.319 e. The van der Waals surface area contributed by atoms with Crippen LogP contribution in [0.3, 0.4) is 0 Å². The van der Waals surface area contributed by atoms with Crippen LogP contribution in [-0.4, -0.2) is 12.1 Å². The van der Waals surface area contributed by atoms with Gasteiger partial charge in [0.05, 0.1) is 0 Å². The highest BCUT2D eigenvalue weighted by molar-refractivity contribution is 5.89. The number of carbonyl (C=O) groups excluding carboxylic acids is 1. The van der Waals surface area contributed by atoms with Gasteiger partial charge >= 0.3 is 6.03 Å². The highest BCUT2D eigenvalue weighted by Crippen LogP contribution is 2.05. The molecule has 2 amide bonds. The lowest BCUT2D eigenvalue weighted by Gasteiger charge is -2.17.